The van der Waals surface area contributed by atoms with E-state index in [1.165, 1.54) is 0 Å². The Morgan fingerprint density at radius 3 is 2.85 bits per heavy atom. The Kier molecular flexibility index (Phi) is 3.46. The number of carbonyl (C=O) groups is 1. The van der Waals surface area contributed by atoms with E-state index in [4.69, 9.17) is 10.5 Å². The van der Waals surface area contributed by atoms with Gasteiger partial charge in [-0.15, -0.1) is 0 Å². The minimum atomic E-state index is 0.438. The molecule has 0 radical (unpaired) electrons. The highest BCUT2D eigenvalue weighted by molar-refractivity contribution is 5.79. The van der Waals surface area contributed by atoms with E-state index < -0.39 is 0 Å². The molecule has 0 spiro atoms. The quantitative estimate of drug-likeness (QED) is 0.710. The summed E-state index contributed by atoms with van der Waals surface area (Å²) in [5, 5.41) is 0. The Morgan fingerprint density at radius 2 is 2.31 bits per heavy atom. The maximum absolute atomic E-state index is 10.6. The maximum Gasteiger partial charge on any atom is 0.153 e. The Hall–Kier alpha value is -1.35. The third-order valence-electron chi connectivity index (χ3n) is 1.74. The summed E-state index contributed by atoms with van der Waals surface area (Å²) >= 11 is 0. The zero-order valence-corrected chi connectivity index (χ0v) is 7.62. The van der Waals surface area contributed by atoms with Crippen molar-refractivity contribution in [1.29, 1.82) is 0 Å². The van der Waals surface area contributed by atoms with Crippen molar-refractivity contribution in [2.24, 2.45) is 5.73 Å². The topological polar surface area (TPSA) is 52.3 Å². The van der Waals surface area contributed by atoms with Gasteiger partial charge in [0.25, 0.3) is 0 Å². The van der Waals surface area contributed by atoms with Gasteiger partial charge in [0, 0.05) is 6.54 Å². The molecule has 2 N–H and O–H groups in total. The normalized spacial score (nSPS) is 9.69. The van der Waals surface area contributed by atoms with Crippen LogP contribution in [0.1, 0.15) is 22.8 Å². The number of carbonyl (C=O) groups excluding carboxylic acids is 1. The number of rotatable bonds is 4. The highest BCUT2D eigenvalue weighted by Crippen LogP contribution is 2.18. The van der Waals surface area contributed by atoms with E-state index in [9.17, 15) is 4.79 Å². The van der Waals surface area contributed by atoms with Crippen molar-refractivity contribution in [2.75, 3.05) is 6.61 Å². The average Bonchev–Trinajstić information content (AvgIpc) is 2.19. The van der Waals surface area contributed by atoms with E-state index in [0.717, 1.165) is 11.8 Å². The molecule has 0 aliphatic rings. The molecule has 0 bridgehead atoms. The van der Waals surface area contributed by atoms with Gasteiger partial charge in [-0.1, -0.05) is 6.07 Å². The van der Waals surface area contributed by atoms with Crippen LogP contribution in [0, 0.1) is 0 Å². The van der Waals surface area contributed by atoms with Gasteiger partial charge in [-0.3, -0.25) is 4.79 Å². The van der Waals surface area contributed by atoms with Crippen LogP contribution in [-0.4, -0.2) is 12.9 Å². The lowest BCUT2D eigenvalue weighted by molar-refractivity contribution is 0.112. The van der Waals surface area contributed by atoms with Crippen LogP contribution in [0.3, 0.4) is 0 Å². The van der Waals surface area contributed by atoms with Crippen LogP contribution in [0.5, 0.6) is 5.75 Å². The molecule has 0 aliphatic heterocycles. The number of nitrogens with two attached hydrogens (primary N) is 1. The summed E-state index contributed by atoms with van der Waals surface area (Å²) in [7, 11) is 0. The first-order valence-electron chi connectivity index (χ1n) is 4.22. The van der Waals surface area contributed by atoms with E-state index in [1.54, 1.807) is 12.1 Å². The van der Waals surface area contributed by atoms with Crippen LogP contribution in [0.25, 0.3) is 0 Å². The third-order valence-corrected chi connectivity index (χ3v) is 1.74. The highest BCUT2D eigenvalue weighted by Gasteiger charge is 2.02. The Balaban J connectivity index is 3.00. The molecule has 0 saturated heterocycles. The lowest BCUT2D eigenvalue weighted by Crippen LogP contribution is -2.00. The molecule has 1 aromatic rings. The van der Waals surface area contributed by atoms with Gasteiger partial charge >= 0.3 is 0 Å². The molecule has 1 aromatic carbocycles. The van der Waals surface area contributed by atoms with E-state index in [1.807, 2.05) is 13.0 Å². The Morgan fingerprint density at radius 1 is 1.54 bits per heavy atom. The van der Waals surface area contributed by atoms with Gasteiger partial charge < -0.3 is 10.5 Å². The van der Waals surface area contributed by atoms with Crippen LogP contribution in [0.15, 0.2) is 18.2 Å². The molecule has 1 rings (SSSR count). The fourth-order valence-electron chi connectivity index (χ4n) is 1.10. The Labute approximate surface area is 77.5 Å². The molecule has 0 aromatic heterocycles. The van der Waals surface area contributed by atoms with Gasteiger partial charge in [0.2, 0.25) is 0 Å². The molecule has 0 atom stereocenters. The van der Waals surface area contributed by atoms with Crippen molar-refractivity contribution in [1.82, 2.24) is 0 Å². The first-order valence-corrected chi connectivity index (χ1v) is 4.22. The maximum atomic E-state index is 10.6. The smallest absolute Gasteiger partial charge is 0.153 e. The van der Waals surface area contributed by atoms with E-state index in [-0.39, 0.29) is 0 Å². The molecular weight excluding hydrogens is 166 g/mol. The summed E-state index contributed by atoms with van der Waals surface area (Å²) in [6.07, 6.45) is 0.782. The van der Waals surface area contributed by atoms with Crippen molar-refractivity contribution in [3.63, 3.8) is 0 Å². The zero-order chi connectivity index (χ0) is 9.68. The summed E-state index contributed by atoms with van der Waals surface area (Å²) in [4.78, 5) is 10.6. The number of hydrogen-bond donors (Lipinski definition) is 1. The van der Waals surface area contributed by atoms with Gasteiger partial charge in [0.15, 0.2) is 6.29 Å². The zero-order valence-electron chi connectivity index (χ0n) is 7.62. The van der Waals surface area contributed by atoms with Crippen molar-refractivity contribution < 1.29 is 9.53 Å². The first-order chi connectivity index (χ1) is 6.31. The Bertz CT molecular complexity index is 297. The van der Waals surface area contributed by atoms with Crippen molar-refractivity contribution in [2.45, 2.75) is 13.5 Å². The molecule has 13 heavy (non-hydrogen) atoms. The predicted molar refractivity (Wildman–Crippen MR) is 50.9 cm³/mol. The highest BCUT2D eigenvalue weighted by atomic mass is 16.5. The SMILES string of the molecule is CCOc1ccc(CN)cc1C=O. The molecule has 0 amide bonds. The standard InChI is InChI=1S/C10H13NO2/c1-2-13-10-4-3-8(6-11)5-9(10)7-12/h3-5,7H,2,6,11H2,1H3. The second-order valence-corrected chi connectivity index (χ2v) is 2.63. The van der Waals surface area contributed by atoms with Crippen molar-refractivity contribution >= 4 is 6.29 Å². The van der Waals surface area contributed by atoms with E-state index in [0.29, 0.717) is 24.5 Å². The fraction of sp³-hybridized carbons (Fsp3) is 0.300. The molecule has 0 saturated carbocycles. The third kappa shape index (κ3) is 2.29. The lowest BCUT2D eigenvalue weighted by Gasteiger charge is -2.06. The molecule has 3 nitrogen and oxygen atoms in total. The second kappa shape index (κ2) is 4.62. The molecule has 3 heteroatoms. The number of aldehydes is 1. The summed E-state index contributed by atoms with van der Waals surface area (Å²) in [6, 6.07) is 5.38. The number of hydrogen-bond acceptors (Lipinski definition) is 3. The van der Waals surface area contributed by atoms with Gasteiger partial charge in [-0.2, -0.15) is 0 Å². The summed E-state index contributed by atoms with van der Waals surface area (Å²) in [5.74, 6) is 0.620. The summed E-state index contributed by atoms with van der Waals surface area (Å²) in [5.41, 5.74) is 6.94. The molecule has 0 fully saturated rings. The van der Waals surface area contributed by atoms with Gasteiger partial charge in [0.1, 0.15) is 5.75 Å². The van der Waals surface area contributed by atoms with Crippen LogP contribution in [0.4, 0.5) is 0 Å². The van der Waals surface area contributed by atoms with Crippen LogP contribution in [0.2, 0.25) is 0 Å². The summed E-state index contributed by atoms with van der Waals surface area (Å²) in [6.45, 7) is 2.88. The number of ether oxygens (including phenoxy) is 1. The second-order valence-electron chi connectivity index (χ2n) is 2.63. The summed E-state index contributed by atoms with van der Waals surface area (Å²) < 4.78 is 5.26. The minimum absolute atomic E-state index is 0.438. The van der Waals surface area contributed by atoms with Gasteiger partial charge in [-0.25, -0.2) is 0 Å². The monoisotopic (exact) mass is 179 g/mol. The number of benzene rings is 1. The fourth-order valence-corrected chi connectivity index (χ4v) is 1.10. The average molecular weight is 179 g/mol. The molecule has 0 unspecified atom stereocenters. The van der Waals surface area contributed by atoms with Crippen LogP contribution in [-0.2, 0) is 6.54 Å². The first kappa shape index (κ1) is 9.74. The van der Waals surface area contributed by atoms with Gasteiger partial charge in [0.05, 0.1) is 12.2 Å². The molecule has 70 valence electrons. The molecular formula is C10H13NO2. The molecule has 0 aliphatic carbocycles. The van der Waals surface area contributed by atoms with Crippen LogP contribution >= 0.6 is 0 Å². The lowest BCUT2D eigenvalue weighted by atomic mass is 10.1. The van der Waals surface area contributed by atoms with Crippen LogP contribution < -0.4 is 10.5 Å². The molecule has 0 heterocycles. The predicted octanol–water partition coefficient (Wildman–Crippen LogP) is 1.36. The largest absolute Gasteiger partial charge is 0.493 e. The van der Waals surface area contributed by atoms with E-state index in [2.05, 4.69) is 0 Å². The van der Waals surface area contributed by atoms with Gasteiger partial charge in [-0.05, 0) is 24.6 Å². The minimum Gasteiger partial charge on any atom is -0.493 e. The van der Waals surface area contributed by atoms with E-state index >= 15 is 0 Å². The van der Waals surface area contributed by atoms with Crippen molar-refractivity contribution in [3.05, 3.63) is 29.3 Å². The van der Waals surface area contributed by atoms with Crippen molar-refractivity contribution in [3.8, 4) is 5.75 Å².